The summed E-state index contributed by atoms with van der Waals surface area (Å²) in [5.74, 6) is -0.285. The highest BCUT2D eigenvalue weighted by Crippen LogP contribution is 2.31. The predicted octanol–water partition coefficient (Wildman–Crippen LogP) is 3.48. The van der Waals surface area contributed by atoms with Gasteiger partial charge in [0, 0.05) is 6.54 Å². The van der Waals surface area contributed by atoms with Crippen LogP contribution in [0.15, 0.2) is 24.3 Å². The third-order valence-corrected chi connectivity index (χ3v) is 2.48. The fraction of sp³-hybridized carbons (Fsp3) is 0.462. The fourth-order valence-electron chi connectivity index (χ4n) is 1.50. The standard InChI is InChI=1S/C13H16F3NO/c1-9(2)7-8-17-12(18)10-5-3-4-6-11(10)13(14,15)16/h3-6,9H,7-8H2,1-2H3,(H,17,18). The Kier molecular flexibility index (Phi) is 4.76. The van der Waals surface area contributed by atoms with Gasteiger partial charge in [-0.25, -0.2) is 0 Å². The monoisotopic (exact) mass is 259 g/mol. The number of halogens is 3. The highest BCUT2D eigenvalue weighted by Gasteiger charge is 2.34. The zero-order valence-electron chi connectivity index (χ0n) is 10.3. The van der Waals surface area contributed by atoms with Gasteiger partial charge in [0.1, 0.15) is 0 Å². The average molecular weight is 259 g/mol. The first-order chi connectivity index (χ1) is 8.32. The molecule has 0 fully saturated rings. The molecule has 0 saturated heterocycles. The van der Waals surface area contributed by atoms with Gasteiger partial charge < -0.3 is 5.32 Å². The maximum absolute atomic E-state index is 12.7. The van der Waals surface area contributed by atoms with Crippen LogP contribution < -0.4 is 5.32 Å². The summed E-state index contributed by atoms with van der Waals surface area (Å²) in [5, 5.41) is 2.50. The van der Waals surface area contributed by atoms with Crippen LogP contribution in [-0.4, -0.2) is 12.5 Å². The molecule has 1 aromatic carbocycles. The number of hydrogen-bond donors (Lipinski definition) is 1. The summed E-state index contributed by atoms with van der Waals surface area (Å²) in [7, 11) is 0. The normalized spacial score (nSPS) is 11.7. The molecule has 0 atom stereocenters. The van der Waals surface area contributed by atoms with Gasteiger partial charge in [-0.05, 0) is 24.5 Å². The van der Waals surface area contributed by atoms with E-state index in [4.69, 9.17) is 0 Å². The molecule has 0 spiro atoms. The van der Waals surface area contributed by atoms with Gasteiger partial charge in [0.05, 0.1) is 11.1 Å². The van der Waals surface area contributed by atoms with Gasteiger partial charge in [-0.15, -0.1) is 0 Å². The Bertz CT molecular complexity index is 413. The van der Waals surface area contributed by atoms with Crippen molar-refractivity contribution in [3.8, 4) is 0 Å². The van der Waals surface area contributed by atoms with Crippen molar-refractivity contribution in [1.29, 1.82) is 0 Å². The quantitative estimate of drug-likeness (QED) is 0.881. The van der Waals surface area contributed by atoms with Crippen LogP contribution in [0.25, 0.3) is 0 Å². The maximum Gasteiger partial charge on any atom is 0.417 e. The molecule has 2 nitrogen and oxygen atoms in total. The number of carbonyl (C=O) groups excluding carboxylic acids is 1. The molecule has 0 bridgehead atoms. The molecule has 5 heteroatoms. The third-order valence-electron chi connectivity index (χ3n) is 2.48. The van der Waals surface area contributed by atoms with Crippen LogP contribution in [0.4, 0.5) is 13.2 Å². The second-order valence-corrected chi connectivity index (χ2v) is 4.48. The first-order valence-electron chi connectivity index (χ1n) is 5.76. The maximum atomic E-state index is 12.7. The van der Waals surface area contributed by atoms with Crippen LogP contribution in [0.1, 0.15) is 36.2 Å². The lowest BCUT2D eigenvalue weighted by atomic mass is 10.1. The van der Waals surface area contributed by atoms with E-state index in [1.54, 1.807) is 0 Å². The van der Waals surface area contributed by atoms with Gasteiger partial charge in [-0.3, -0.25) is 4.79 Å². The van der Waals surface area contributed by atoms with Crippen molar-refractivity contribution in [2.75, 3.05) is 6.54 Å². The molecule has 1 aromatic rings. The highest BCUT2D eigenvalue weighted by molar-refractivity contribution is 5.95. The van der Waals surface area contributed by atoms with Crippen LogP contribution in [0.3, 0.4) is 0 Å². The fourth-order valence-corrected chi connectivity index (χ4v) is 1.50. The zero-order valence-corrected chi connectivity index (χ0v) is 10.3. The molecule has 0 aliphatic heterocycles. The lowest BCUT2D eigenvalue weighted by Gasteiger charge is -2.13. The molecule has 0 heterocycles. The largest absolute Gasteiger partial charge is 0.417 e. The molecule has 0 saturated carbocycles. The summed E-state index contributed by atoms with van der Waals surface area (Å²) < 4.78 is 38.0. The molecule has 0 aliphatic rings. The Balaban J connectivity index is 2.80. The van der Waals surface area contributed by atoms with Crippen LogP contribution in [-0.2, 0) is 6.18 Å². The van der Waals surface area contributed by atoms with Crippen LogP contribution in [0, 0.1) is 5.92 Å². The van der Waals surface area contributed by atoms with Crippen molar-refractivity contribution in [1.82, 2.24) is 5.32 Å². The zero-order chi connectivity index (χ0) is 13.8. The van der Waals surface area contributed by atoms with E-state index in [2.05, 4.69) is 5.32 Å². The molecular weight excluding hydrogens is 243 g/mol. The molecule has 1 rings (SSSR count). The summed E-state index contributed by atoms with van der Waals surface area (Å²) in [5.41, 5.74) is -1.22. The Hall–Kier alpha value is -1.52. The van der Waals surface area contributed by atoms with Crippen LogP contribution in [0.2, 0.25) is 0 Å². The molecule has 1 N–H and O–H groups in total. The number of rotatable bonds is 4. The SMILES string of the molecule is CC(C)CCNC(=O)c1ccccc1C(F)(F)F. The number of hydrogen-bond acceptors (Lipinski definition) is 1. The molecule has 1 amide bonds. The van der Waals surface area contributed by atoms with Gasteiger partial charge in [0.15, 0.2) is 0 Å². The molecule has 18 heavy (non-hydrogen) atoms. The number of amides is 1. The second-order valence-electron chi connectivity index (χ2n) is 4.48. The lowest BCUT2D eigenvalue weighted by Crippen LogP contribution is -2.27. The van der Waals surface area contributed by atoms with E-state index in [9.17, 15) is 18.0 Å². The lowest BCUT2D eigenvalue weighted by molar-refractivity contribution is -0.137. The van der Waals surface area contributed by atoms with E-state index in [0.717, 1.165) is 12.5 Å². The molecular formula is C13H16F3NO. The van der Waals surface area contributed by atoms with Gasteiger partial charge in [0.25, 0.3) is 5.91 Å². The highest BCUT2D eigenvalue weighted by atomic mass is 19.4. The molecule has 0 aromatic heterocycles. The van der Waals surface area contributed by atoms with E-state index < -0.39 is 17.6 Å². The molecule has 0 aliphatic carbocycles. The molecule has 0 radical (unpaired) electrons. The topological polar surface area (TPSA) is 29.1 Å². The molecule has 0 unspecified atom stereocenters. The Morgan fingerprint density at radius 2 is 1.89 bits per heavy atom. The van der Waals surface area contributed by atoms with Crippen molar-refractivity contribution in [2.24, 2.45) is 5.92 Å². The van der Waals surface area contributed by atoms with E-state index in [-0.39, 0.29) is 5.56 Å². The Morgan fingerprint density at radius 1 is 1.28 bits per heavy atom. The van der Waals surface area contributed by atoms with Gasteiger partial charge in [0.2, 0.25) is 0 Å². The van der Waals surface area contributed by atoms with E-state index in [1.165, 1.54) is 18.2 Å². The number of alkyl halides is 3. The Labute approximate surface area is 104 Å². The summed E-state index contributed by atoms with van der Waals surface area (Å²) in [6, 6.07) is 4.80. The van der Waals surface area contributed by atoms with Gasteiger partial charge in [-0.1, -0.05) is 26.0 Å². The average Bonchev–Trinajstić information content (AvgIpc) is 2.27. The minimum Gasteiger partial charge on any atom is -0.352 e. The summed E-state index contributed by atoms with van der Waals surface area (Å²) >= 11 is 0. The predicted molar refractivity (Wildman–Crippen MR) is 63.2 cm³/mol. The van der Waals surface area contributed by atoms with Gasteiger partial charge >= 0.3 is 6.18 Å². The summed E-state index contributed by atoms with van der Waals surface area (Å²) in [6.45, 7) is 4.34. The van der Waals surface area contributed by atoms with Crippen molar-refractivity contribution >= 4 is 5.91 Å². The van der Waals surface area contributed by atoms with Crippen LogP contribution in [0.5, 0.6) is 0 Å². The van der Waals surface area contributed by atoms with Crippen molar-refractivity contribution < 1.29 is 18.0 Å². The second kappa shape index (κ2) is 5.89. The van der Waals surface area contributed by atoms with Crippen LogP contribution >= 0.6 is 0 Å². The number of nitrogens with one attached hydrogen (secondary N) is 1. The van der Waals surface area contributed by atoms with E-state index >= 15 is 0 Å². The van der Waals surface area contributed by atoms with Gasteiger partial charge in [-0.2, -0.15) is 13.2 Å². The molecule has 100 valence electrons. The minimum absolute atomic E-state index is 0.325. The smallest absolute Gasteiger partial charge is 0.352 e. The van der Waals surface area contributed by atoms with Crippen molar-refractivity contribution in [3.63, 3.8) is 0 Å². The Morgan fingerprint density at radius 3 is 2.44 bits per heavy atom. The van der Waals surface area contributed by atoms with E-state index in [0.29, 0.717) is 12.5 Å². The van der Waals surface area contributed by atoms with E-state index in [1.807, 2.05) is 13.8 Å². The summed E-state index contributed by atoms with van der Waals surface area (Å²) in [4.78, 5) is 11.7. The number of carbonyl (C=O) groups is 1. The van der Waals surface area contributed by atoms with Crippen molar-refractivity contribution in [2.45, 2.75) is 26.4 Å². The first kappa shape index (κ1) is 14.5. The van der Waals surface area contributed by atoms with Crippen molar-refractivity contribution in [3.05, 3.63) is 35.4 Å². The third kappa shape index (κ3) is 4.05. The first-order valence-corrected chi connectivity index (χ1v) is 5.76. The summed E-state index contributed by atoms with van der Waals surface area (Å²) in [6.07, 6.45) is -3.77. The number of benzene rings is 1. The minimum atomic E-state index is -4.51.